The average Bonchev–Trinajstić information content (AvgIpc) is 3.44. The van der Waals surface area contributed by atoms with Crippen LogP contribution in [0.15, 0.2) is 59.5 Å². The van der Waals surface area contributed by atoms with Gasteiger partial charge >= 0.3 is 0 Å². The number of ether oxygens (including phenoxy) is 2. The van der Waals surface area contributed by atoms with Gasteiger partial charge in [-0.1, -0.05) is 18.2 Å². The number of aliphatic hydroxyl groups excluding tert-OH is 1. The van der Waals surface area contributed by atoms with E-state index in [0.717, 1.165) is 0 Å². The van der Waals surface area contributed by atoms with Crippen LogP contribution in [0, 0.1) is 5.82 Å². The minimum absolute atomic E-state index is 0.0196. The molecule has 0 aliphatic carbocycles. The van der Waals surface area contributed by atoms with E-state index in [9.17, 15) is 12.8 Å². The lowest BCUT2D eigenvalue weighted by atomic mass is 10.1. The van der Waals surface area contributed by atoms with Gasteiger partial charge in [0.2, 0.25) is 0 Å². The molecule has 2 aromatic carbocycles. The number of hydrogen-bond donors (Lipinski definition) is 1. The van der Waals surface area contributed by atoms with E-state index in [4.69, 9.17) is 18.8 Å². The summed E-state index contributed by atoms with van der Waals surface area (Å²) in [4.78, 5) is 0.0627. The van der Waals surface area contributed by atoms with Crippen LogP contribution in [-0.4, -0.2) is 45.0 Å². The minimum atomic E-state index is -3.95. The highest BCUT2D eigenvalue weighted by Crippen LogP contribution is 2.28. The topological polar surface area (TPSA) is 85.4 Å². The van der Waals surface area contributed by atoms with Crippen LogP contribution >= 0.6 is 0 Å². The molecule has 0 bridgehead atoms. The molecule has 1 saturated heterocycles. The maximum absolute atomic E-state index is 13.0. The van der Waals surface area contributed by atoms with E-state index >= 15 is 0 Å². The van der Waals surface area contributed by atoms with Crippen molar-refractivity contribution >= 4 is 10.1 Å². The van der Waals surface area contributed by atoms with Crippen molar-refractivity contribution in [1.29, 1.82) is 0 Å². The van der Waals surface area contributed by atoms with Crippen LogP contribution in [0.2, 0.25) is 0 Å². The van der Waals surface area contributed by atoms with E-state index < -0.39 is 16.2 Å². The Balaban J connectivity index is 1.64. The zero-order valence-electron chi connectivity index (χ0n) is 14.5. The largest absolute Gasteiger partial charge is 0.491 e. The predicted molar refractivity (Wildman–Crippen MR) is 95.4 cm³/mol. The van der Waals surface area contributed by atoms with Crippen LogP contribution in [0.3, 0.4) is 0 Å². The van der Waals surface area contributed by atoms with Gasteiger partial charge in [-0.25, -0.2) is 4.39 Å². The van der Waals surface area contributed by atoms with Crippen molar-refractivity contribution < 1.29 is 31.6 Å². The lowest BCUT2D eigenvalue weighted by Crippen LogP contribution is -2.26. The molecule has 1 heterocycles. The molecule has 1 fully saturated rings. The molecule has 3 rings (SSSR count). The van der Waals surface area contributed by atoms with Gasteiger partial charge in [-0.3, -0.25) is 4.18 Å². The van der Waals surface area contributed by atoms with Gasteiger partial charge in [0, 0.05) is 0 Å². The standard InChI is InChI=1S/C19H21FO6S/c20-14-6-8-15(9-7-14)24-13-16(10-11-18-19(12-21)25-18)26-27(22,23)17-4-2-1-3-5-17/h1-9,16,18-19,21H,10-13H2/t16-,18-,19?/m1/s1. The predicted octanol–water partition coefficient (Wildman–Crippen LogP) is 2.52. The molecule has 1 unspecified atom stereocenters. The summed E-state index contributed by atoms with van der Waals surface area (Å²) in [6.45, 7) is -0.0845. The van der Waals surface area contributed by atoms with Crippen LogP contribution in [-0.2, 0) is 19.0 Å². The number of epoxide rings is 1. The minimum Gasteiger partial charge on any atom is -0.491 e. The van der Waals surface area contributed by atoms with Gasteiger partial charge in [0.25, 0.3) is 10.1 Å². The molecule has 1 aliphatic heterocycles. The zero-order valence-corrected chi connectivity index (χ0v) is 15.3. The Labute approximate surface area is 157 Å². The fourth-order valence-electron chi connectivity index (χ4n) is 2.64. The van der Waals surface area contributed by atoms with Gasteiger partial charge in [-0.2, -0.15) is 8.42 Å². The second-order valence-corrected chi connectivity index (χ2v) is 7.80. The van der Waals surface area contributed by atoms with Gasteiger partial charge in [0.15, 0.2) is 0 Å². The van der Waals surface area contributed by atoms with E-state index in [0.29, 0.717) is 18.6 Å². The average molecular weight is 396 g/mol. The summed E-state index contributed by atoms with van der Waals surface area (Å²) in [6, 6.07) is 13.3. The van der Waals surface area contributed by atoms with E-state index in [1.165, 1.54) is 36.4 Å². The molecule has 8 heteroatoms. The van der Waals surface area contributed by atoms with Crippen molar-refractivity contribution in [2.45, 2.75) is 36.0 Å². The molecule has 0 aromatic heterocycles. The molecule has 0 saturated carbocycles. The summed E-state index contributed by atoms with van der Waals surface area (Å²) in [5, 5.41) is 9.04. The van der Waals surface area contributed by atoms with Gasteiger partial charge in [0.05, 0.1) is 17.6 Å². The summed E-state index contributed by atoms with van der Waals surface area (Å²) in [5.41, 5.74) is 0. The molecular formula is C19H21FO6S. The molecule has 6 nitrogen and oxygen atoms in total. The van der Waals surface area contributed by atoms with Crippen molar-refractivity contribution in [3.05, 3.63) is 60.4 Å². The third kappa shape index (κ3) is 5.74. The molecule has 1 aliphatic rings. The summed E-state index contributed by atoms with van der Waals surface area (Å²) in [6.07, 6.45) is -0.147. The van der Waals surface area contributed by atoms with Crippen LogP contribution in [0.1, 0.15) is 12.8 Å². The van der Waals surface area contributed by atoms with Gasteiger partial charge in [0.1, 0.15) is 30.4 Å². The van der Waals surface area contributed by atoms with Gasteiger partial charge in [-0.15, -0.1) is 0 Å². The molecule has 0 amide bonds. The number of halogens is 1. The fraction of sp³-hybridized carbons (Fsp3) is 0.368. The third-order valence-electron chi connectivity index (χ3n) is 4.18. The summed E-state index contributed by atoms with van der Waals surface area (Å²) in [5.74, 6) is 0.0285. The normalized spacial score (nSPS) is 20.2. The number of aliphatic hydroxyl groups is 1. The second kappa shape index (κ2) is 8.79. The first-order valence-corrected chi connectivity index (χ1v) is 10.0. The molecule has 0 radical (unpaired) electrons. The molecular weight excluding hydrogens is 375 g/mol. The van der Waals surface area contributed by atoms with Crippen molar-refractivity contribution in [3.63, 3.8) is 0 Å². The first-order valence-electron chi connectivity index (χ1n) is 8.61. The molecule has 146 valence electrons. The van der Waals surface area contributed by atoms with Gasteiger partial charge < -0.3 is 14.6 Å². The van der Waals surface area contributed by atoms with Crippen molar-refractivity contribution in [2.24, 2.45) is 0 Å². The SMILES string of the molecule is O=S(=O)(O[C@H](CC[C@H]1OC1CO)COc1ccc(F)cc1)c1ccccc1. The number of hydrogen-bond acceptors (Lipinski definition) is 6. The van der Waals surface area contributed by atoms with E-state index in [1.54, 1.807) is 18.2 Å². The molecule has 1 N–H and O–H groups in total. The van der Waals surface area contributed by atoms with Crippen molar-refractivity contribution in [1.82, 2.24) is 0 Å². The van der Waals surface area contributed by atoms with E-state index in [-0.39, 0.29) is 36.1 Å². The zero-order chi connectivity index (χ0) is 19.3. The Bertz CT molecular complexity index is 825. The molecule has 0 spiro atoms. The summed E-state index contributed by atoms with van der Waals surface area (Å²) < 4.78 is 54.2. The molecule has 27 heavy (non-hydrogen) atoms. The van der Waals surface area contributed by atoms with Gasteiger partial charge in [-0.05, 0) is 49.2 Å². The Morgan fingerprint density at radius 3 is 2.41 bits per heavy atom. The Hall–Kier alpha value is -2.00. The highest BCUT2D eigenvalue weighted by Gasteiger charge is 2.38. The van der Waals surface area contributed by atoms with Crippen LogP contribution in [0.4, 0.5) is 4.39 Å². The maximum Gasteiger partial charge on any atom is 0.297 e. The van der Waals surface area contributed by atoms with Crippen LogP contribution in [0.5, 0.6) is 5.75 Å². The lowest BCUT2D eigenvalue weighted by molar-refractivity contribution is 0.122. The van der Waals surface area contributed by atoms with Crippen LogP contribution < -0.4 is 4.74 Å². The highest BCUT2D eigenvalue weighted by molar-refractivity contribution is 7.86. The molecule has 2 aromatic rings. The quantitative estimate of drug-likeness (QED) is 0.491. The van der Waals surface area contributed by atoms with E-state index in [1.807, 2.05) is 0 Å². The first-order chi connectivity index (χ1) is 13.0. The summed E-state index contributed by atoms with van der Waals surface area (Å²) >= 11 is 0. The smallest absolute Gasteiger partial charge is 0.297 e. The number of rotatable bonds is 10. The third-order valence-corrected chi connectivity index (χ3v) is 5.56. The van der Waals surface area contributed by atoms with E-state index in [2.05, 4.69) is 0 Å². The maximum atomic E-state index is 13.0. The first kappa shape index (κ1) is 19.8. The summed E-state index contributed by atoms with van der Waals surface area (Å²) in [7, 11) is -3.95. The van der Waals surface area contributed by atoms with Crippen molar-refractivity contribution in [2.75, 3.05) is 13.2 Å². The number of benzene rings is 2. The highest BCUT2D eigenvalue weighted by atomic mass is 32.2. The Morgan fingerprint density at radius 2 is 1.78 bits per heavy atom. The lowest BCUT2D eigenvalue weighted by Gasteiger charge is -2.18. The Morgan fingerprint density at radius 1 is 1.07 bits per heavy atom. The fourth-order valence-corrected chi connectivity index (χ4v) is 3.76. The van der Waals surface area contributed by atoms with Crippen molar-refractivity contribution in [3.8, 4) is 5.75 Å². The molecule has 3 atom stereocenters. The van der Waals surface area contributed by atoms with Crippen LogP contribution in [0.25, 0.3) is 0 Å². The monoisotopic (exact) mass is 396 g/mol. The Kier molecular flexibility index (Phi) is 6.43. The second-order valence-electron chi connectivity index (χ2n) is 6.22.